The third kappa shape index (κ3) is 3.17. The van der Waals surface area contributed by atoms with E-state index in [4.69, 9.17) is 9.84 Å². The number of carboxylic acids is 1. The van der Waals surface area contributed by atoms with Crippen LogP contribution in [0.3, 0.4) is 0 Å². The number of hydrogen-bond acceptors (Lipinski definition) is 6. The van der Waals surface area contributed by atoms with E-state index < -0.39 is 34.4 Å². The number of carboxylic acid groups (broad SMARTS) is 1. The van der Waals surface area contributed by atoms with Crippen LogP contribution in [-0.2, 0) is 19.6 Å². The molecular formula is C13H14N2O7S. The number of ether oxygens (including phenoxy) is 1. The molecule has 124 valence electrons. The van der Waals surface area contributed by atoms with Gasteiger partial charge < -0.3 is 15.2 Å². The lowest BCUT2D eigenvalue weighted by molar-refractivity contribution is -0.135. The smallest absolute Gasteiger partial charge is 0.322 e. The maximum absolute atomic E-state index is 12.4. The molecule has 0 fully saturated rings. The Labute approximate surface area is 131 Å². The minimum absolute atomic E-state index is 0.0316. The Balaban J connectivity index is 2.33. The number of nitrogens with zero attached hydrogens (tertiary/aromatic N) is 1. The van der Waals surface area contributed by atoms with Crippen molar-refractivity contribution in [3.63, 3.8) is 0 Å². The summed E-state index contributed by atoms with van der Waals surface area (Å²) in [5.41, 5.74) is -0.0779. The monoisotopic (exact) mass is 342 g/mol. The lowest BCUT2D eigenvalue weighted by Gasteiger charge is -2.13. The Bertz CT molecular complexity index is 773. The lowest BCUT2D eigenvalue weighted by atomic mass is 10.1. The highest BCUT2D eigenvalue weighted by molar-refractivity contribution is 7.90. The van der Waals surface area contributed by atoms with E-state index in [1.807, 2.05) is 0 Å². The molecule has 1 aliphatic heterocycles. The quantitative estimate of drug-likeness (QED) is 0.698. The van der Waals surface area contributed by atoms with Gasteiger partial charge in [-0.1, -0.05) is 0 Å². The molecule has 10 heteroatoms. The van der Waals surface area contributed by atoms with Gasteiger partial charge in [-0.15, -0.1) is 0 Å². The van der Waals surface area contributed by atoms with Crippen molar-refractivity contribution in [1.82, 2.24) is 9.62 Å². The van der Waals surface area contributed by atoms with E-state index in [0.29, 0.717) is 4.31 Å². The second-order valence-electron chi connectivity index (χ2n) is 4.66. The Morgan fingerprint density at radius 1 is 1.35 bits per heavy atom. The van der Waals surface area contributed by atoms with Crippen LogP contribution in [0.25, 0.3) is 0 Å². The minimum atomic E-state index is -4.05. The highest BCUT2D eigenvalue weighted by Gasteiger charge is 2.41. The van der Waals surface area contributed by atoms with E-state index in [-0.39, 0.29) is 29.2 Å². The minimum Gasteiger partial charge on any atom is -0.480 e. The largest absolute Gasteiger partial charge is 0.480 e. The van der Waals surface area contributed by atoms with Gasteiger partial charge in [0.25, 0.3) is 21.8 Å². The van der Waals surface area contributed by atoms with Gasteiger partial charge in [-0.25, -0.2) is 12.7 Å². The zero-order valence-electron chi connectivity index (χ0n) is 12.1. The van der Waals surface area contributed by atoms with E-state index in [1.165, 1.54) is 19.2 Å². The van der Waals surface area contributed by atoms with E-state index in [1.54, 1.807) is 0 Å². The van der Waals surface area contributed by atoms with Gasteiger partial charge in [-0.05, 0) is 18.2 Å². The molecular weight excluding hydrogens is 328 g/mol. The van der Waals surface area contributed by atoms with Crippen LogP contribution in [0.15, 0.2) is 23.1 Å². The van der Waals surface area contributed by atoms with Gasteiger partial charge in [0.2, 0.25) is 0 Å². The molecule has 1 aromatic carbocycles. The third-order valence-corrected chi connectivity index (χ3v) is 4.99. The molecule has 0 aliphatic carbocycles. The molecule has 9 nitrogen and oxygen atoms in total. The molecule has 23 heavy (non-hydrogen) atoms. The average molecular weight is 342 g/mol. The summed E-state index contributed by atoms with van der Waals surface area (Å²) in [5, 5.41) is 10.6. The van der Waals surface area contributed by atoms with Gasteiger partial charge in [0.05, 0.1) is 18.7 Å². The number of rotatable bonds is 6. The van der Waals surface area contributed by atoms with Gasteiger partial charge >= 0.3 is 5.97 Å². The van der Waals surface area contributed by atoms with Crippen molar-refractivity contribution in [1.29, 1.82) is 0 Å². The van der Waals surface area contributed by atoms with Crippen LogP contribution in [0, 0.1) is 0 Å². The molecule has 2 rings (SSSR count). The molecule has 1 aromatic rings. The number of sulfonamides is 1. The molecule has 0 aromatic heterocycles. The normalized spacial score (nSPS) is 15.3. The highest BCUT2D eigenvalue weighted by atomic mass is 32.2. The second-order valence-corrected chi connectivity index (χ2v) is 6.49. The van der Waals surface area contributed by atoms with Crippen molar-refractivity contribution in [3.8, 4) is 0 Å². The van der Waals surface area contributed by atoms with Gasteiger partial charge in [0.1, 0.15) is 11.4 Å². The maximum atomic E-state index is 12.4. The summed E-state index contributed by atoms with van der Waals surface area (Å²) in [6.45, 7) is -0.681. The summed E-state index contributed by atoms with van der Waals surface area (Å²) in [4.78, 5) is 34.1. The first kappa shape index (κ1) is 16.9. The van der Waals surface area contributed by atoms with Crippen molar-refractivity contribution < 1.29 is 32.6 Å². The second kappa shape index (κ2) is 6.34. The van der Waals surface area contributed by atoms with Crippen LogP contribution in [0.4, 0.5) is 0 Å². The number of fused-ring (bicyclic) bond motifs is 1. The molecule has 0 unspecified atom stereocenters. The van der Waals surface area contributed by atoms with E-state index >= 15 is 0 Å². The van der Waals surface area contributed by atoms with Crippen LogP contribution in [-0.4, -0.2) is 62.4 Å². The zero-order valence-corrected chi connectivity index (χ0v) is 12.9. The Kier molecular flexibility index (Phi) is 4.66. The number of nitrogens with one attached hydrogen (secondary N) is 1. The average Bonchev–Trinajstić information content (AvgIpc) is 2.69. The predicted octanol–water partition coefficient (Wildman–Crippen LogP) is -0.708. The van der Waals surface area contributed by atoms with Gasteiger partial charge in [-0.3, -0.25) is 14.4 Å². The fourth-order valence-electron chi connectivity index (χ4n) is 2.07. The van der Waals surface area contributed by atoms with Gasteiger partial charge in [0.15, 0.2) is 0 Å². The first-order valence-electron chi connectivity index (χ1n) is 6.49. The number of benzene rings is 1. The first-order chi connectivity index (χ1) is 10.8. The number of carbonyl (C=O) groups excluding carboxylic acids is 2. The molecule has 0 saturated carbocycles. The van der Waals surface area contributed by atoms with E-state index in [9.17, 15) is 22.8 Å². The molecule has 0 saturated heterocycles. The SMILES string of the molecule is COCCN1C(=O)c2ccc(C(=O)NCC(=O)O)cc2S1(=O)=O. The molecule has 0 radical (unpaired) electrons. The van der Waals surface area contributed by atoms with Crippen molar-refractivity contribution in [3.05, 3.63) is 29.3 Å². The summed E-state index contributed by atoms with van der Waals surface area (Å²) in [7, 11) is -2.67. The molecule has 0 spiro atoms. The molecule has 1 heterocycles. The Morgan fingerprint density at radius 2 is 2.04 bits per heavy atom. The highest BCUT2D eigenvalue weighted by Crippen LogP contribution is 2.30. The number of hydrogen-bond donors (Lipinski definition) is 2. The van der Waals surface area contributed by atoms with Crippen LogP contribution < -0.4 is 5.32 Å². The fourth-order valence-corrected chi connectivity index (χ4v) is 3.65. The zero-order chi connectivity index (χ0) is 17.2. The molecule has 0 bridgehead atoms. The number of aliphatic carboxylic acids is 1. The Morgan fingerprint density at radius 3 is 2.65 bits per heavy atom. The fraction of sp³-hybridized carbons (Fsp3) is 0.308. The van der Waals surface area contributed by atoms with Gasteiger partial charge in [0, 0.05) is 12.7 Å². The third-order valence-electron chi connectivity index (χ3n) is 3.17. The summed E-state index contributed by atoms with van der Waals surface area (Å²) in [6, 6.07) is 3.56. The topological polar surface area (TPSA) is 130 Å². The van der Waals surface area contributed by atoms with Crippen molar-refractivity contribution >= 4 is 27.8 Å². The van der Waals surface area contributed by atoms with Crippen LogP contribution in [0.2, 0.25) is 0 Å². The lowest BCUT2D eigenvalue weighted by Crippen LogP contribution is -2.33. The van der Waals surface area contributed by atoms with Crippen LogP contribution in [0.5, 0.6) is 0 Å². The van der Waals surface area contributed by atoms with Crippen molar-refractivity contribution in [2.24, 2.45) is 0 Å². The molecule has 2 N–H and O–H groups in total. The maximum Gasteiger partial charge on any atom is 0.322 e. The predicted molar refractivity (Wildman–Crippen MR) is 76.5 cm³/mol. The van der Waals surface area contributed by atoms with E-state index in [0.717, 1.165) is 6.07 Å². The van der Waals surface area contributed by atoms with Crippen molar-refractivity contribution in [2.45, 2.75) is 4.90 Å². The van der Waals surface area contributed by atoms with Gasteiger partial charge in [-0.2, -0.15) is 0 Å². The van der Waals surface area contributed by atoms with Crippen molar-refractivity contribution in [2.75, 3.05) is 26.8 Å². The molecule has 0 atom stereocenters. The summed E-state index contributed by atoms with van der Waals surface area (Å²) >= 11 is 0. The van der Waals surface area contributed by atoms with Crippen LogP contribution in [0.1, 0.15) is 20.7 Å². The van der Waals surface area contributed by atoms with E-state index in [2.05, 4.69) is 5.32 Å². The first-order valence-corrected chi connectivity index (χ1v) is 7.93. The standard InChI is InChI=1S/C13H14N2O7S/c1-22-5-4-15-13(19)9-3-2-8(6-10(9)23(15,20)21)12(18)14-7-11(16)17/h2-3,6H,4-5,7H2,1H3,(H,14,18)(H,16,17). The molecule has 1 aliphatic rings. The molecule has 2 amide bonds. The Hall–Kier alpha value is -2.46. The number of carbonyl (C=O) groups is 3. The summed E-state index contributed by atoms with van der Waals surface area (Å²) < 4.78 is 30.2. The number of methoxy groups -OCH3 is 1. The summed E-state index contributed by atoms with van der Waals surface area (Å²) in [6.07, 6.45) is 0. The number of amides is 2. The van der Waals surface area contributed by atoms with Crippen LogP contribution >= 0.6 is 0 Å². The summed E-state index contributed by atoms with van der Waals surface area (Å²) in [5.74, 6) is -2.66.